The van der Waals surface area contributed by atoms with E-state index in [1.54, 1.807) is 24.4 Å². The van der Waals surface area contributed by atoms with Gasteiger partial charge in [0, 0.05) is 41.1 Å². The number of hydrogen-bond acceptors (Lipinski definition) is 4. The van der Waals surface area contributed by atoms with Gasteiger partial charge in [-0.3, -0.25) is 10.1 Å². The zero-order chi connectivity index (χ0) is 20.7. The summed E-state index contributed by atoms with van der Waals surface area (Å²) in [6.45, 7) is 0. The SMILES string of the molecule is FC(F)(F)c1ccccc1-c1cc(Nc2n[nH]c3ccccc23)c2ccncc2n1.[V]. The number of aromatic nitrogens is 4. The average molecular weight is 456 g/mol. The van der Waals surface area contributed by atoms with E-state index < -0.39 is 11.7 Å². The van der Waals surface area contributed by atoms with Gasteiger partial charge in [0.05, 0.1) is 34.2 Å². The average Bonchev–Trinajstić information content (AvgIpc) is 3.16. The molecule has 0 aliphatic carbocycles. The quantitative estimate of drug-likeness (QED) is 0.353. The number of nitrogens with one attached hydrogen (secondary N) is 2. The Morgan fingerprint density at radius 3 is 2.52 bits per heavy atom. The van der Waals surface area contributed by atoms with E-state index in [4.69, 9.17) is 0 Å². The van der Waals surface area contributed by atoms with Crippen LogP contribution in [0.15, 0.2) is 73.1 Å². The van der Waals surface area contributed by atoms with Crippen LogP contribution >= 0.6 is 0 Å². The maximum atomic E-state index is 13.6. The fourth-order valence-corrected chi connectivity index (χ4v) is 3.46. The summed E-state index contributed by atoms with van der Waals surface area (Å²) in [5, 5.41) is 12.1. The zero-order valence-corrected chi connectivity index (χ0v) is 17.2. The number of anilines is 2. The minimum absolute atomic E-state index is 0. The molecule has 3 heterocycles. The summed E-state index contributed by atoms with van der Waals surface area (Å²) in [7, 11) is 0. The summed E-state index contributed by atoms with van der Waals surface area (Å²) in [5.41, 5.74) is 1.39. The van der Waals surface area contributed by atoms with Crippen molar-refractivity contribution in [1.29, 1.82) is 0 Å². The van der Waals surface area contributed by atoms with Gasteiger partial charge in [-0.25, -0.2) is 4.98 Å². The minimum Gasteiger partial charge on any atom is -0.338 e. The van der Waals surface area contributed by atoms with Crippen molar-refractivity contribution in [3.8, 4) is 11.3 Å². The zero-order valence-electron chi connectivity index (χ0n) is 15.9. The van der Waals surface area contributed by atoms with Crippen molar-refractivity contribution in [1.82, 2.24) is 20.2 Å². The van der Waals surface area contributed by atoms with Crippen molar-refractivity contribution >= 4 is 33.3 Å². The van der Waals surface area contributed by atoms with Crippen LogP contribution in [0.25, 0.3) is 33.1 Å². The number of nitrogens with zero attached hydrogens (tertiary/aromatic N) is 3. The molecule has 0 amide bonds. The number of hydrogen-bond donors (Lipinski definition) is 2. The molecule has 5 aromatic rings. The van der Waals surface area contributed by atoms with Crippen molar-refractivity contribution in [3.63, 3.8) is 0 Å². The Bertz CT molecular complexity index is 1380. The molecule has 2 aromatic carbocycles. The number of para-hydroxylation sites is 1. The van der Waals surface area contributed by atoms with Gasteiger partial charge in [0.15, 0.2) is 5.82 Å². The third-order valence-corrected chi connectivity index (χ3v) is 4.84. The van der Waals surface area contributed by atoms with E-state index in [9.17, 15) is 13.2 Å². The monoisotopic (exact) mass is 456 g/mol. The fourth-order valence-electron chi connectivity index (χ4n) is 3.46. The van der Waals surface area contributed by atoms with Gasteiger partial charge in [-0.15, -0.1) is 0 Å². The number of pyridine rings is 2. The van der Waals surface area contributed by atoms with Crippen molar-refractivity contribution < 1.29 is 31.7 Å². The Morgan fingerprint density at radius 2 is 1.68 bits per heavy atom. The van der Waals surface area contributed by atoms with Crippen LogP contribution in [0.2, 0.25) is 0 Å². The van der Waals surface area contributed by atoms with Crippen LogP contribution in [0, 0.1) is 0 Å². The minimum atomic E-state index is -4.49. The van der Waals surface area contributed by atoms with E-state index in [-0.39, 0.29) is 29.8 Å². The molecular weight excluding hydrogens is 442 g/mol. The van der Waals surface area contributed by atoms with Crippen LogP contribution in [0.1, 0.15) is 5.56 Å². The number of benzene rings is 2. The summed E-state index contributed by atoms with van der Waals surface area (Å²) in [4.78, 5) is 8.51. The molecule has 1 radical (unpaired) electrons. The molecule has 31 heavy (non-hydrogen) atoms. The Morgan fingerprint density at radius 1 is 0.903 bits per heavy atom. The first kappa shape index (κ1) is 20.9. The van der Waals surface area contributed by atoms with Crippen LogP contribution in [-0.2, 0) is 24.7 Å². The predicted octanol–water partition coefficient (Wildman–Crippen LogP) is 5.93. The molecule has 0 aliphatic rings. The van der Waals surface area contributed by atoms with Gasteiger partial charge in [0.2, 0.25) is 0 Å². The Kier molecular flexibility index (Phi) is 5.43. The second kappa shape index (κ2) is 8.05. The molecule has 5 rings (SSSR count). The molecule has 0 saturated heterocycles. The summed E-state index contributed by atoms with van der Waals surface area (Å²) in [6, 6.07) is 16.4. The second-order valence-electron chi connectivity index (χ2n) is 6.73. The summed E-state index contributed by atoms with van der Waals surface area (Å²) in [5.74, 6) is 0.574. The van der Waals surface area contributed by atoms with E-state index in [1.165, 1.54) is 18.3 Å². The van der Waals surface area contributed by atoms with Crippen LogP contribution in [-0.4, -0.2) is 20.2 Å². The van der Waals surface area contributed by atoms with Crippen LogP contribution in [0.5, 0.6) is 0 Å². The van der Waals surface area contributed by atoms with Gasteiger partial charge in [0.1, 0.15) is 0 Å². The number of H-pyrrole nitrogens is 1. The molecule has 9 heteroatoms. The van der Waals surface area contributed by atoms with Gasteiger partial charge in [0.25, 0.3) is 0 Å². The Labute approximate surface area is 186 Å². The van der Waals surface area contributed by atoms with Crippen molar-refractivity contribution in [2.75, 3.05) is 5.32 Å². The van der Waals surface area contributed by atoms with Crippen LogP contribution in [0.4, 0.5) is 24.7 Å². The number of rotatable bonds is 3. The molecule has 0 bridgehead atoms. The molecule has 0 spiro atoms. The van der Waals surface area contributed by atoms with Gasteiger partial charge in [-0.2, -0.15) is 18.3 Å². The van der Waals surface area contributed by atoms with E-state index >= 15 is 0 Å². The maximum absolute atomic E-state index is 13.6. The van der Waals surface area contributed by atoms with Crippen molar-refractivity contribution in [3.05, 3.63) is 78.6 Å². The van der Waals surface area contributed by atoms with Crippen LogP contribution < -0.4 is 5.32 Å². The van der Waals surface area contributed by atoms with Gasteiger partial charge in [-0.1, -0.05) is 30.3 Å². The van der Waals surface area contributed by atoms with E-state index in [0.29, 0.717) is 17.0 Å². The normalized spacial score (nSPS) is 11.5. The van der Waals surface area contributed by atoms with E-state index in [0.717, 1.165) is 22.4 Å². The molecule has 0 unspecified atom stereocenters. The molecule has 0 fully saturated rings. The summed E-state index contributed by atoms with van der Waals surface area (Å²) in [6.07, 6.45) is -1.35. The predicted molar refractivity (Wildman–Crippen MR) is 109 cm³/mol. The van der Waals surface area contributed by atoms with Gasteiger partial charge < -0.3 is 5.32 Å². The first-order valence-electron chi connectivity index (χ1n) is 9.12. The van der Waals surface area contributed by atoms with Crippen molar-refractivity contribution in [2.24, 2.45) is 0 Å². The van der Waals surface area contributed by atoms with Gasteiger partial charge >= 0.3 is 6.18 Å². The molecular formula is C22H14F3N5V. The smallest absolute Gasteiger partial charge is 0.338 e. The number of fused-ring (bicyclic) bond motifs is 2. The third kappa shape index (κ3) is 3.87. The van der Waals surface area contributed by atoms with Crippen LogP contribution in [0.3, 0.4) is 0 Å². The van der Waals surface area contributed by atoms with E-state index in [2.05, 4.69) is 25.5 Å². The fraction of sp³-hybridized carbons (Fsp3) is 0.0455. The second-order valence-corrected chi connectivity index (χ2v) is 6.73. The van der Waals surface area contributed by atoms with E-state index in [1.807, 2.05) is 24.3 Å². The van der Waals surface area contributed by atoms with Gasteiger partial charge in [-0.05, 0) is 30.3 Å². The standard InChI is InChI=1S/C22H14F3N5.V/c23-22(24,25)16-7-3-1-5-13(16)18-11-19(14-9-10-26-12-20(14)27-18)28-21-15-6-2-4-8-17(15)29-30-21;/h1-12H,(H2,27,28,29,30);. The molecule has 153 valence electrons. The summed E-state index contributed by atoms with van der Waals surface area (Å²) >= 11 is 0. The topological polar surface area (TPSA) is 66.5 Å². The largest absolute Gasteiger partial charge is 0.417 e. The third-order valence-electron chi connectivity index (χ3n) is 4.84. The molecule has 3 aromatic heterocycles. The number of alkyl halides is 3. The first-order chi connectivity index (χ1) is 14.5. The molecule has 2 N–H and O–H groups in total. The molecule has 0 saturated carbocycles. The number of halogens is 3. The molecule has 0 atom stereocenters. The molecule has 5 nitrogen and oxygen atoms in total. The number of aromatic amines is 1. The van der Waals surface area contributed by atoms with Crippen molar-refractivity contribution in [2.45, 2.75) is 6.18 Å². The summed E-state index contributed by atoms with van der Waals surface area (Å²) < 4.78 is 40.7. The molecule has 0 aliphatic heterocycles. The first-order valence-corrected chi connectivity index (χ1v) is 9.12. The Balaban J connectivity index is 0.00000231. The maximum Gasteiger partial charge on any atom is 0.417 e. The Hall–Kier alpha value is -3.36.